The molecule has 1 heterocycles. The summed E-state index contributed by atoms with van der Waals surface area (Å²) < 4.78 is 10.3. The van der Waals surface area contributed by atoms with Gasteiger partial charge in [0.15, 0.2) is 6.29 Å². The van der Waals surface area contributed by atoms with Crippen molar-refractivity contribution >= 4 is 11.7 Å². The molecule has 0 saturated carbocycles. The molecule has 0 aliphatic carbocycles. The first-order valence-electron chi connectivity index (χ1n) is 7.19. The van der Waals surface area contributed by atoms with Gasteiger partial charge in [-0.05, 0) is 12.1 Å². The maximum atomic E-state index is 11.1. The summed E-state index contributed by atoms with van der Waals surface area (Å²) in [4.78, 5) is 21.2. The highest BCUT2D eigenvalue weighted by Crippen LogP contribution is 2.26. The van der Waals surface area contributed by atoms with Crippen LogP contribution in [0, 0.1) is 10.1 Å². The number of nitro groups is 1. The average Bonchev–Trinajstić information content (AvgIpc) is 2.58. The van der Waals surface area contributed by atoms with Crippen LogP contribution in [0.5, 0.6) is 0 Å². The quantitative estimate of drug-likeness (QED) is 0.300. The smallest absolute Gasteiger partial charge is 0.335 e. The Balaban J connectivity index is 2.15. The predicted octanol–water partition coefficient (Wildman–Crippen LogP) is -1.39. The standard InChI is InChI=1S/C14H17NO10/c16-4-9-10(17)11(18)12(19)14(25-9)24-5-7-2-1-6(13(20)21)3-8(7)15(22)23/h1-3,9-12,14,16-19H,4-5H2,(H,20,21)/t9-,10-,11+,12-,14-/m1/s1. The minimum absolute atomic E-state index is 0.0203. The van der Waals surface area contributed by atoms with Gasteiger partial charge >= 0.3 is 5.97 Å². The lowest BCUT2D eigenvalue weighted by Crippen LogP contribution is -2.59. The molecule has 0 aromatic heterocycles. The van der Waals surface area contributed by atoms with Gasteiger partial charge in [-0.2, -0.15) is 0 Å². The molecule has 11 nitrogen and oxygen atoms in total. The second-order valence-corrected chi connectivity index (χ2v) is 5.41. The van der Waals surface area contributed by atoms with Crippen molar-refractivity contribution in [1.29, 1.82) is 0 Å². The Kier molecular flexibility index (Phi) is 6.00. The lowest BCUT2D eigenvalue weighted by Gasteiger charge is -2.39. The topological polar surface area (TPSA) is 180 Å². The third-order valence-electron chi connectivity index (χ3n) is 3.78. The van der Waals surface area contributed by atoms with Gasteiger partial charge in [0.2, 0.25) is 0 Å². The van der Waals surface area contributed by atoms with Crippen LogP contribution < -0.4 is 0 Å². The van der Waals surface area contributed by atoms with Crippen LogP contribution in [0.15, 0.2) is 18.2 Å². The Morgan fingerprint density at radius 3 is 2.48 bits per heavy atom. The second kappa shape index (κ2) is 7.82. The first-order chi connectivity index (χ1) is 11.8. The largest absolute Gasteiger partial charge is 0.478 e. The third kappa shape index (κ3) is 4.10. The molecule has 1 fully saturated rings. The van der Waals surface area contributed by atoms with E-state index in [1.165, 1.54) is 6.07 Å². The van der Waals surface area contributed by atoms with Crippen LogP contribution in [0.25, 0.3) is 0 Å². The molecule has 5 atom stereocenters. The van der Waals surface area contributed by atoms with E-state index in [0.29, 0.717) is 0 Å². The van der Waals surface area contributed by atoms with Crippen molar-refractivity contribution in [2.75, 3.05) is 6.61 Å². The molecule has 0 unspecified atom stereocenters. The zero-order valence-electron chi connectivity index (χ0n) is 12.8. The number of aliphatic hydroxyl groups is 4. The van der Waals surface area contributed by atoms with Crippen LogP contribution in [0.1, 0.15) is 15.9 Å². The van der Waals surface area contributed by atoms with E-state index < -0.39 is 60.5 Å². The van der Waals surface area contributed by atoms with Gasteiger partial charge in [0.1, 0.15) is 24.4 Å². The maximum Gasteiger partial charge on any atom is 0.335 e. The molecule has 1 aromatic rings. The van der Waals surface area contributed by atoms with E-state index in [4.69, 9.17) is 19.7 Å². The highest BCUT2D eigenvalue weighted by atomic mass is 16.7. The average molecular weight is 359 g/mol. The molecule has 138 valence electrons. The van der Waals surface area contributed by atoms with Crippen molar-refractivity contribution in [3.8, 4) is 0 Å². The van der Waals surface area contributed by atoms with E-state index in [2.05, 4.69) is 0 Å². The van der Waals surface area contributed by atoms with E-state index in [1.807, 2.05) is 0 Å². The summed E-state index contributed by atoms with van der Waals surface area (Å²) in [6.45, 7) is -1.07. The summed E-state index contributed by atoms with van der Waals surface area (Å²) in [6.07, 6.45) is -7.46. The lowest BCUT2D eigenvalue weighted by molar-refractivity contribution is -0.386. The Labute approximate surface area is 140 Å². The minimum atomic E-state index is -1.64. The second-order valence-electron chi connectivity index (χ2n) is 5.41. The van der Waals surface area contributed by atoms with Crippen molar-refractivity contribution in [2.45, 2.75) is 37.3 Å². The Hall–Kier alpha value is -2.15. The van der Waals surface area contributed by atoms with Crippen molar-refractivity contribution in [3.63, 3.8) is 0 Å². The first-order valence-corrected chi connectivity index (χ1v) is 7.19. The summed E-state index contributed by atoms with van der Waals surface area (Å²) in [7, 11) is 0. The number of carboxylic acids is 1. The number of ether oxygens (including phenoxy) is 2. The number of carbonyl (C=O) groups is 1. The highest BCUT2D eigenvalue weighted by Gasteiger charge is 2.44. The van der Waals surface area contributed by atoms with Crippen molar-refractivity contribution < 1.29 is 44.7 Å². The van der Waals surface area contributed by atoms with Crippen molar-refractivity contribution in [2.24, 2.45) is 0 Å². The first kappa shape index (κ1) is 19.2. The molecule has 0 amide bonds. The monoisotopic (exact) mass is 359 g/mol. The predicted molar refractivity (Wildman–Crippen MR) is 78.6 cm³/mol. The molecule has 1 aliphatic rings. The summed E-state index contributed by atoms with van der Waals surface area (Å²) in [5.41, 5.74) is -0.750. The summed E-state index contributed by atoms with van der Waals surface area (Å²) in [5.74, 6) is -1.33. The Morgan fingerprint density at radius 2 is 1.92 bits per heavy atom. The fraction of sp³-hybridized carbons (Fsp3) is 0.500. The van der Waals surface area contributed by atoms with Crippen molar-refractivity contribution in [1.82, 2.24) is 0 Å². The number of nitro benzene ring substituents is 1. The fourth-order valence-electron chi connectivity index (χ4n) is 2.37. The number of carboxylic acid groups (broad SMARTS) is 1. The number of aliphatic hydroxyl groups excluding tert-OH is 4. The van der Waals surface area contributed by atoms with Crippen LogP contribution in [0.3, 0.4) is 0 Å². The number of rotatable bonds is 6. The molecule has 2 rings (SSSR count). The number of aromatic carboxylic acids is 1. The molecule has 1 saturated heterocycles. The molecule has 0 spiro atoms. The van der Waals surface area contributed by atoms with Crippen LogP contribution in [0.4, 0.5) is 5.69 Å². The molecule has 11 heteroatoms. The van der Waals surface area contributed by atoms with Gasteiger partial charge < -0.3 is 35.0 Å². The molecule has 1 aliphatic heterocycles. The van der Waals surface area contributed by atoms with Crippen LogP contribution in [-0.4, -0.2) is 73.7 Å². The van der Waals surface area contributed by atoms with Gasteiger partial charge in [-0.25, -0.2) is 4.79 Å². The number of nitrogens with zero attached hydrogens (tertiary/aromatic N) is 1. The van der Waals surface area contributed by atoms with Gasteiger partial charge in [-0.3, -0.25) is 10.1 Å². The molecular weight excluding hydrogens is 342 g/mol. The highest BCUT2D eigenvalue weighted by molar-refractivity contribution is 5.88. The minimum Gasteiger partial charge on any atom is -0.478 e. The summed E-state index contributed by atoms with van der Waals surface area (Å²) in [6, 6.07) is 3.21. The maximum absolute atomic E-state index is 11.1. The van der Waals surface area contributed by atoms with Gasteiger partial charge in [-0.1, -0.05) is 0 Å². The van der Waals surface area contributed by atoms with Gasteiger partial charge in [-0.15, -0.1) is 0 Å². The third-order valence-corrected chi connectivity index (χ3v) is 3.78. The molecule has 0 radical (unpaired) electrons. The molecule has 1 aromatic carbocycles. The number of hydrogen-bond donors (Lipinski definition) is 5. The van der Waals surface area contributed by atoms with Crippen LogP contribution in [0.2, 0.25) is 0 Å². The van der Waals surface area contributed by atoms with E-state index in [1.54, 1.807) is 0 Å². The zero-order chi connectivity index (χ0) is 18.7. The Morgan fingerprint density at radius 1 is 1.24 bits per heavy atom. The van der Waals surface area contributed by atoms with Gasteiger partial charge in [0.05, 0.1) is 29.3 Å². The Bertz CT molecular complexity index is 648. The zero-order valence-corrected chi connectivity index (χ0v) is 12.8. The SMILES string of the molecule is O=C(O)c1ccc(CO[C@@H]2O[C@H](CO)[C@@H](O)[C@H](O)[C@H]2O)c([N+](=O)[O-])c1. The molecule has 25 heavy (non-hydrogen) atoms. The number of hydrogen-bond acceptors (Lipinski definition) is 9. The number of benzene rings is 1. The van der Waals surface area contributed by atoms with Crippen molar-refractivity contribution in [3.05, 3.63) is 39.4 Å². The van der Waals surface area contributed by atoms with E-state index in [9.17, 15) is 30.2 Å². The van der Waals surface area contributed by atoms with E-state index >= 15 is 0 Å². The fourth-order valence-corrected chi connectivity index (χ4v) is 2.37. The summed E-state index contributed by atoms with van der Waals surface area (Å²) in [5, 5.41) is 58.2. The van der Waals surface area contributed by atoms with Gasteiger partial charge in [0, 0.05) is 6.07 Å². The van der Waals surface area contributed by atoms with Crippen LogP contribution in [-0.2, 0) is 16.1 Å². The van der Waals surface area contributed by atoms with Gasteiger partial charge in [0.25, 0.3) is 5.69 Å². The van der Waals surface area contributed by atoms with Crippen LogP contribution >= 0.6 is 0 Å². The van der Waals surface area contributed by atoms with E-state index in [-0.39, 0.29) is 11.1 Å². The molecule has 0 bridgehead atoms. The summed E-state index contributed by atoms with van der Waals surface area (Å²) >= 11 is 0. The molecular formula is C14H17NO10. The van der Waals surface area contributed by atoms with E-state index in [0.717, 1.165) is 12.1 Å². The molecule has 5 N–H and O–H groups in total. The lowest BCUT2D eigenvalue weighted by atomic mass is 9.99. The normalized spacial score (nSPS) is 29.4.